The fourth-order valence-corrected chi connectivity index (χ4v) is 1.43. The summed E-state index contributed by atoms with van der Waals surface area (Å²) in [4.78, 5) is 7.53. The number of rotatable bonds is 3. The average molecular weight is 287 g/mol. The molecule has 5 nitrogen and oxygen atoms in total. The van der Waals surface area contributed by atoms with E-state index in [1.54, 1.807) is 0 Å². The molecule has 0 aliphatic heterocycles. The topological polar surface area (TPSA) is 75.9 Å². The van der Waals surface area contributed by atoms with Gasteiger partial charge >= 0.3 is 6.18 Å². The number of anilines is 3. The Labute approximate surface area is 110 Å². The van der Waals surface area contributed by atoms with Gasteiger partial charge in [-0.25, -0.2) is 15.2 Å². The molecule has 0 unspecified atom stereocenters. The number of alkyl halides is 3. The molecule has 0 aliphatic carbocycles. The van der Waals surface area contributed by atoms with Crippen molar-refractivity contribution < 1.29 is 17.6 Å². The van der Waals surface area contributed by atoms with Gasteiger partial charge in [-0.1, -0.05) is 0 Å². The highest BCUT2D eigenvalue weighted by Crippen LogP contribution is 2.32. The van der Waals surface area contributed by atoms with E-state index in [9.17, 15) is 17.6 Å². The summed E-state index contributed by atoms with van der Waals surface area (Å²) in [6, 6.07) is 3.41. The van der Waals surface area contributed by atoms with E-state index in [0.29, 0.717) is 12.1 Å². The van der Waals surface area contributed by atoms with Crippen molar-refractivity contribution in [3.8, 4) is 0 Å². The van der Waals surface area contributed by atoms with Crippen molar-refractivity contribution in [2.45, 2.75) is 6.18 Å². The maximum absolute atomic E-state index is 13.5. The van der Waals surface area contributed by atoms with E-state index in [0.717, 1.165) is 6.07 Å². The fraction of sp³-hybridized carbons (Fsp3) is 0.0909. The van der Waals surface area contributed by atoms with E-state index in [-0.39, 0.29) is 17.5 Å². The predicted molar refractivity (Wildman–Crippen MR) is 64.5 cm³/mol. The Morgan fingerprint density at radius 1 is 1.15 bits per heavy atom. The Kier molecular flexibility index (Phi) is 3.70. The largest absolute Gasteiger partial charge is 0.416 e. The number of benzene rings is 1. The zero-order valence-electron chi connectivity index (χ0n) is 9.87. The molecule has 0 atom stereocenters. The molecule has 9 heteroatoms. The first-order valence-corrected chi connectivity index (χ1v) is 5.33. The first-order chi connectivity index (χ1) is 9.40. The molecule has 2 aromatic rings. The molecule has 0 saturated carbocycles. The van der Waals surface area contributed by atoms with Gasteiger partial charge in [-0.15, -0.1) is 0 Å². The molecule has 1 aromatic carbocycles. The van der Waals surface area contributed by atoms with Crippen LogP contribution in [0.25, 0.3) is 0 Å². The van der Waals surface area contributed by atoms with Crippen LogP contribution in [0.1, 0.15) is 5.56 Å². The Hall–Kier alpha value is -2.42. The number of nitrogens with one attached hydrogen (secondary N) is 2. The van der Waals surface area contributed by atoms with Crippen molar-refractivity contribution in [2.75, 3.05) is 10.7 Å². The van der Waals surface area contributed by atoms with Gasteiger partial charge < -0.3 is 5.32 Å². The van der Waals surface area contributed by atoms with Crippen LogP contribution in [0, 0.1) is 5.82 Å². The third kappa shape index (κ3) is 3.12. The maximum atomic E-state index is 13.5. The molecule has 106 valence electrons. The first-order valence-electron chi connectivity index (χ1n) is 5.33. The van der Waals surface area contributed by atoms with Crippen LogP contribution in [0.5, 0.6) is 0 Å². The zero-order chi connectivity index (χ0) is 14.8. The van der Waals surface area contributed by atoms with Gasteiger partial charge in [0.2, 0.25) is 5.95 Å². The highest BCUT2D eigenvalue weighted by atomic mass is 19.4. The number of hydrazine groups is 1. The van der Waals surface area contributed by atoms with E-state index in [1.165, 1.54) is 12.3 Å². The van der Waals surface area contributed by atoms with Crippen LogP contribution < -0.4 is 16.6 Å². The second-order valence-electron chi connectivity index (χ2n) is 3.73. The van der Waals surface area contributed by atoms with Crippen molar-refractivity contribution in [2.24, 2.45) is 5.84 Å². The Morgan fingerprint density at radius 2 is 1.90 bits per heavy atom. The fourth-order valence-electron chi connectivity index (χ4n) is 1.43. The second kappa shape index (κ2) is 5.29. The minimum atomic E-state index is -4.56. The van der Waals surface area contributed by atoms with Crippen molar-refractivity contribution in [1.29, 1.82) is 0 Å². The number of aromatic nitrogens is 2. The molecular weight excluding hydrogens is 278 g/mol. The summed E-state index contributed by atoms with van der Waals surface area (Å²) in [7, 11) is 0. The van der Waals surface area contributed by atoms with E-state index < -0.39 is 17.6 Å². The minimum absolute atomic E-state index is 0.0439. The smallest absolute Gasteiger partial charge is 0.338 e. The maximum Gasteiger partial charge on any atom is 0.416 e. The van der Waals surface area contributed by atoms with Crippen molar-refractivity contribution in [3.05, 3.63) is 41.8 Å². The highest BCUT2D eigenvalue weighted by Gasteiger charge is 2.31. The molecule has 0 saturated heterocycles. The van der Waals surface area contributed by atoms with Crippen molar-refractivity contribution in [1.82, 2.24) is 9.97 Å². The van der Waals surface area contributed by atoms with Crippen molar-refractivity contribution >= 4 is 17.5 Å². The second-order valence-corrected chi connectivity index (χ2v) is 3.73. The SMILES string of the molecule is NNc1nccc(Nc2cc(C(F)(F)F)ccc2F)n1. The molecule has 0 radical (unpaired) electrons. The van der Waals surface area contributed by atoms with Gasteiger partial charge in [-0.2, -0.15) is 18.2 Å². The quantitative estimate of drug-likeness (QED) is 0.459. The molecule has 0 amide bonds. The molecule has 0 bridgehead atoms. The Bertz CT molecular complexity index is 614. The van der Waals surface area contributed by atoms with Crippen LogP contribution in [-0.4, -0.2) is 9.97 Å². The Balaban J connectivity index is 2.32. The van der Waals surface area contributed by atoms with Crippen molar-refractivity contribution in [3.63, 3.8) is 0 Å². The number of nitrogens with two attached hydrogens (primary N) is 1. The third-order valence-corrected chi connectivity index (χ3v) is 2.34. The Morgan fingerprint density at radius 3 is 2.55 bits per heavy atom. The molecule has 0 aliphatic rings. The minimum Gasteiger partial charge on any atom is -0.338 e. The van der Waals surface area contributed by atoms with Crippen LogP contribution in [0.4, 0.5) is 35.0 Å². The highest BCUT2D eigenvalue weighted by molar-refractivity contribution is 5.58. The normalized spacial score (nSPS) is 11.2. The van der Waals surface area contributed by atoms with E-state index >= 15 is 0 Å². The predicted octanol–water partition coefficient (Wildman–Crippen LogP) is 2.66. The summed E-state index contributed by atoms with van der Waals surface area (Å²) in [5.41, 5.74) is 0.856. The average Bonchev–Trinajstić information content (AvgIpc) is 2.40. The summed E-state index contributed by atoms with van der Waals surface area (Å²) < 4.78 is 51.2. The number of hydrogen-bond donors (Lipinski definition) is 3. The molecule has 1 aromatic heterocycles. The monoisotopic (exact) mass is 287 g/mol. The lowest BCUT2D eigenvalue weighted by Gasteiger charge is -2.11. The number of halogens is 4. The van der Waals surface area contributed by atoms with Gasteiger partial charge in [-0.05, 0) is 24.3 Å². The van der Waals surface area contributed by atoms with Gasteiger partial charge in [0.1, 0.15) is 11.6 Å². The van der Waals surface area contributed by atoms with Gasteiger partial charge in [0, 0.05) is 6.20 Å². The molecule has 0 spiro atoms. The number of nitrogen functional groups attached to an aromatic ring is 1. The molecule has 0 fully saturated rings. The summed E-state index contributed by atoms with van der Waals surface area (Å²) in [6.07, 6.45) is -3.24. The number of hydrogen-bond acceptors (Lipinski definition) is 5. The van der Waals surface area contributed by atoms with Crippen LogP contribution in [0.15, 0.2) is 30.5 Å². The number of nitrogens with zero attached hydrogens (tertiary/aromatic N) is 2. The third-order valence-electron chi connectivity index (χ3n) is 2.34. The molecular formula is C11H9F4N5. The lowest BCUT2D eigenvalue weighted by atomic mass is 10.2. The van der Waals surface area contributed by atoms with Crippen LogP contribution in [-0.2, 0) is 6.18 Å². The standard InChI is InChI=1S/C11H9F4N5/c12-7-2-1-6(11(13,14)15)5-8(7)18-9-3-4-17-10(19-9)20-16/h1-5H,16H2,(H2,17,18,19,20). The summed E-state index contributed by atoms with van der Waals surface area (Å²) in [5.74, 6) is 4.41. The first kappa shape index (κ1) is 14.0. The van der Waals surface area contributed by atoms with E-state index in [1.807, 2.05) is 0 Å². The molecule has 1 heterocycles. The van der Waals surface area contributed by atoms with Gasteiger partial charge in [0.25, 0.3) is 0 Å². The van der Waals surface area contributed by atoms with Gasteiger partial charge in [-0.3, -0.25) is 5.43 Å². The van der Waals surface area contributed by atoms with Gasteiger partial charge in [0.05, 0.1) is 11.3 Å². The van der Waals surface area contributed by atoms with E-state index in [4.69, 9.17) is 5.84 Å². The van der Waals surface area contributed by atoms with Crippen LogP contribution in [0.3, 0.4) is 0 Å². The summed E-state index contributed by atoms with van der Waals surface area (Å²) >= 11 is 0. The molecule has 4 N–H and O–H groups in total. The lowest BCUT2D eigenvalue weighted by Crippen LogP contribution is -2.11. The van der Waals surface area contributed by atoms with Crippen LogP contribution in [0.2, 0.25) is 0 Å². The van der Waals surface area contributed by atoms with E-state index in [2.05, 4.69) is 20.7 Å². The molecule has 20 heavy (non-hydrogen) atoms. The van der Waals surface area contributed by atoms with Gasteiger partial charge in [0.15, 0.2) is 0 Å². The summed E-state index contributed by atoms with van der Waals surface area (Å²) in [5, 5.41) is 2.44. The molecule has 2 rings (SSSR count). The zero-order valence-corrected chi connectivity index (χ0v) is 9.87. The van der Waals surface area contributed by atoms with Crippen LogP contribution >= 0.6 is 0 Å². The summed E-state index contributed by atoms with van der Waals surface area (Å²) in [6.45, 7) is 0. The lowest BCUT2D eigenvalue weighted by molar-refractivity contribution is -0.137.